The van der Waals surface area contributed by atoms with Crippen LogP contribution in [0.3, 0.4) is 0 Å². The number of rotatable bonds is 7. The van der Waals surface area contributed by atoms with E-state index in [4.69, 9.17) is 10.2 Å². The molecular weight excluding hydrogens is 232 g/mol. The molecule has 3 atom stereocenters. The molecule has 0 aliphatic rings. The summed E-state index contributed by atoms with van der Waals surface area (Å²) in [6, 6.07) is 4.64. The number of likely N-dealkylation sites (N-methyl/N-ethyl adjacent to an activating group) is 1. The quantitative estimate of drug-likeness (QED) is 0.814. The van der Waals surface area contributed by atoms with E-state index in [1.807, 2.05) is 30.8 Å². The Labute approximate surface area is 109 Å². The van der Waals surface area contributed by atoms with Crippen molar-refractivity contribution < 1.29 is 4.42 Å². The predicted molar refractivity (Wildman–Crippen MR) is 75.3 cm³/mol. The molecule has 1 heterocycles. The number of hydrogen-bond donors (Lipinski definition) is 1. The minimum Gasteiger partial charge on any atom is -0.468 e. The van der Waals surface area contributed by atoms with E-state index in [9.17, 15) is 0 Å². The van der Waals surface area contributed by atoms with Gasteiger partial charge in [0.05, 0.1) is 12.3 Å². The fourth-order valence-corrected chi connectivity index (χ4v) is 2.63. The zero-order valence-electron chi connectivity index (χ0n) is 11.2. The van der Waals surface area contributed by atoms with E-state index in [1.54, 1.807) is 6.26 Å². The first-order valence-corrected chi connectivity index (χ1v) is 7.47. The van der Waals surface area contributed by atoms with Crippen LogP contribution in [-0.4, -0.2) is 36.0 Å². The summed E-state index contributed by atoms with van der Waals surface area (Å²) in [5.74, 6) is 2.13. The lowest BCUT2D eigenvalue weighted by molar-refractivity contribution is 0.142. The highest BCUT2D eigenvalue weighted by Crippen LogP contribution is 2.25. The molecule has 0 aromatic carbocycles. The SMILES string of the molecule is CSCCC(C)N(C)C(c1ccco1)C(C)N. The molecule has 0 aliphatic carbocycles. The molecule has 1 aromatic heterocycles. The van der Waals surface area contributed by atoms with Crippen LogP contribution in [-0.2, 0) is 0 Å². The normalized spacial score (nSPS) is 17.1. The molecule has 2 N–H and O–H groups in total. The first-order valence-electron chi connectivity index (χ1n) is 6.07. The molecule has 0 saturated heterocycles. The molecule has 17 heavy (non-hydrogen) atoms. The van der Waals surface area contributed by atoms with Gasteiger partial charge in [-0.3, -0.25) is 4.90 Å². The second-order valence-corrected chi connectivity index (χ2v) is 5.60. The first-order chi connectivity index (χ1) is 8.07. The Morgan fingerprint density at radius 2 is 2.18 bits per heavy atom. The summed E-state index contributed by atoms with van der Waals surface area (Å²) in [7, 11) is 2.13. The van der Waals surface area contributed by atoms with Crippen molar-refractivity contribution in [3.63, 3.8) is 0 Å². The van der Waals surface area contributed by atoms with Crippen molar-refractivity contribution in [3.05, 3.63) is 24.2 Å². The van der Waals surface area contributed by atoms with Gasteiger partial charge in [-0.05, 0) is 51.5 Å². The molecule has 1 aromatic rings. The summed E-state index contributed by atoms with van der Waals surface area (Å²) in [6.45, 7) is 4.28. The molecule has 3 nitrogen and oxygen atoms in total. The van der Waals surface area contributed by atoms with Gasteiger partial charge in [0.15, 0.2) is 0 Å². The van der Waals surface area contributed by atoms with Crippen molar-refractivity contribution in [1.82, 2.24) is 4.90 Å². The Morgan fingerprint density at radius 1 is 1.47 bits per heavy atom. The highest BCUT2D eigenvalue weighted by atomic mass is 32.2. The minimum absolute atomic E-state index is 0.0582. The predicted octanol–water partition coefficient (Wildman–Crippen LogP) is 2.74. The Hall–Kier alpha value is -0.450. The zero-order chi connectivity index (χ0) is 12.8. The molecule has 0 saturated carbocycles. The number of nitrogens with two attached hydrogens (primary N) is 1. The second-order valence-electron chi connectivity index (χ2n) is 4.62. The van der Waals surface area contributed by atoms with Gasteiger partial charge in [-0.1, -0.05) is 0 Å². The number of nitrogens with zero attached hydrogens (tertiary/aromatic N) is 1. The van der Waals surface area contributed by atoms with Gasteiger partial charge < -0.3 is 10.2 Å². The third kappa shape index (κ3) is 4.05. The van der Waals surface area contributed by atoms with Crippen LogP contribution in [0.5, 0.6) is 0 Å². The maximum atomic E-state index is 6.09. The van der Waals surface area contributed by atoms with E-state index in [1.165, 1.54) is 12.2 Å². The third-order valence-corrected chi connectivity index (χ3v) is 3.85. The second kappa shape index (κ2) is 7.09. The van der Waals surface area contributed by atoms with Crippen LogP contribution in [0.2, 0.25) is 0 Å². The minimum atomic E-state index is 0.0582. The Kier molecular flexibility index (Phi) is 6.09. The van der Waals surface area contributed by atoms with Crippen molar-refractivity contribution in [3.8, 4) is 0 Å². The molecule has 0 aliphatic heterocycles. The fourth-order valence-electron chi connectivity index (χ4n) is 2.06. The lowest BCUT2D eigenvalue weighted by Gasteiger charge is -2.34. The van der Waals surface area contributed by atoms with E-state index < -0.39 is 0 Å². The summed E-state index contributed by atoms with van der Waals surface area (Å²) in [6.07, 6.45) is 5.02. The highest BCUT2D eigenvalue weighted by Gasteiger charge is 2.26. The monoisotopic (exact) mass is 256 g/mol. The lowest BCUT2D eigenvalue weighted by atomic mass is 10.0. The van der Waals surface area contributed by atoms with E-state index in [-0.39, 0.29) is 12.1 Å². The summed E-state index contributed by atoms with van der Waals surface area (Å²) >= 11 is 1.88. The van der Waals surface area contributed by atoms with Crippen LogP contribution in [0.1, 0.15) is 32.1 Å². The molecule has 98 valence electrons. The topological polar surface area (TPSA) is 42.4 Å². The van der Waals surface area contributed by atoms with E-state index >= 15 is 0 Å². The number of furan rings is 1. The average Bonchev–Trinajstić information content (AvgIpc) is 2.78. The van der Waals surface area contributed by atoms with Gasteiger partial charge >= 0.3 is 0 Å². The smallest absolute Gasteiger partial charge is 0.122 e. The molecule has 0 radical (unpaired) electrons. The fraction of sp³-hybridized carbons (Fsp3) is 0.692. The van der Waals surface area contributed by atoms with Crippen molar-refractivity contribution in [2.24, 2.45) is 5.73 Å². The van der Waals surface area contributed by atoms with E-state index in [0.717, 1.165) is 5.76 Å². The Balaban J connectivity index is 2.71. The van der Waals surface area contributed by atoms with Crippen LogP contribution >= 0.6 is 11.8 Å². The van der Waals surface area contributed by atoms with Crippen LogP contribution in [0.15, 0.2) is 22.8 Å². The Bertz CT molecular complexity index is 300. The highest BCUT2D eigenvalue weighted by molar-refractivity contribution is 7.98. The van der Waals surface area contributed by atoms with E-state index in [2.05, 4.69) is 25.1 Å². The van der Waals surface area contributed by atoms with Crippen molar-refractivity contribution in [1.29, 1.82) is 0 Å². The maximum absolute atomic E-state index is 6.09. The van der Waals surface area contributed by atoms with Gasteiger partial charge in [-0.25, -0.2) is 0 Å². The largest absolute Gasteiger partial charge is 0.468 e. The molecule has 0 spiro atoms. The molecule has 1 rings (SSSR count). The molecule has 4 heteroatoms. The van der Waals surface area contributed by atoms with Crippen LogP contribution in [0.25, 0.3) is 0 Å². The lowest BCUT2D eigenvalue weighted by Crippen LogP contribution is -2.41. The van der Waals surface area contributed by atoms with Crippen molar-refractivity contribution in [2.75, 3.05) is 19.1 Å². The van der Waals surface area contributed by atoms with Crippen LogP contribution in [0.4, 0.5) is 0 Å². The molecule has 3 unspecified atom stereocenters. The van der Waals surface area contributed by atoms with Crippen molar-refractivity contribution in [2.45, 2.75) is 38.4 Å². The number of thioether (sulfide) groups is 1. The van der Waals surface area contributed by atoms with Gasteiger partial charge in [-0.2, -0.15) is 11.8 Å². The van der Waals surface area contributed by atoms with Crippen LogP contribution < -0.4 is 5.73 Å². The van der Waals surface area contributed by atoms with Crippen LogP contribution in [0, 0.1) is 0 Å². The standard InChI is InChI=1S/C13H24N2OS/c1-10(7-9-17-4)15(3)13(11(2)14)12-6-5-8-16-12/h5-6,8,10-11,13H,7,9,14H2,1-4H3. The summed E-state index contributed by atoms with van der Waals surface area (Å²) in [5, 5.41) is 0. The molecule has 0 bridgehead atoms. The van der Waals surface area contributed by atoms with Crippen molar-refractivity contribution >= 4 is 11.8 Å². The van der Waals surface area contributed by atoms with Gasteiger partial charge in [0.25, 0.3) is 0 Å². The zero-order valence-corrected chi connectivity index (χ0v) is 12.0. The van der Waals surface area contributed by atoms with Gasteiger partial charge in [0.2, 0.25) is 0 Å². The van der Waals surface area contributed by atoms with Gasteiger partial charge in [0, 0.05) is 12.1 Å². The molecule has 0 amide bonds. The molecule has 0 fully saturated rings. The van der Waals surface area contributed by atoms with E-state index in [0.29, 0.717) is 6.04 Å². The molecular formula is C13H24N2OS. The number of hydrogen-bond acceptors (Lipinski definition) is 4. The summed E-state index contributed by atoms with van der Waals surface area (Å²) in [4.78, 5) is 2.32. The summed E-state index contributed by atoms with van der Waals surface area (Å²) < 4.78 is 5.51. The maximum Gasteiger partial charge on any atom is 0.122 e. The first kappa shape index (κ1) is 14.6. The van der Waals surface area contributed by atoms with Gasteiger partial charge in [-0.15, -0.1) is 0 Å². The summed E-state index contributed by atoms with van der Waals surface area (Å²) in [5.41, 5.74) is 6.09. The third-order valence-electron chi connectivity index (χ3n) is 3.21. The average molecular weight is 256 g/mol. The Morgan fingerprint density at radius 3 is 2.65 bits per heavy atom. The van der Waals surface area contributed by atoms with Gasteiger partial charge in [0.1, 0.15) is 5.76 Å².